The van der Waals surface area contributed by atoms with Crippen LogP contribution in [0.1, 0.15) is 62.9 Å². The molecule has 10 rings (SSSR count). The lowest BCUT2D eigenvalue weighted by Gasteiger charge is -2.24. The Bertz CT molecular complexity index is 3270. The molecule has 3 amide bonds. The second-order valence-electron chi connectivity index (χ2n) is 19.7. The molecule has 30 nitrogen and oxygen atoms in total. The number of nitrogens with zero attached hydrogens (tertiary/aromatic N) is 9. The maximum atomic E-state index is 12.7. The number of carbonyl (C=O) groups excluding carboxylic acids is 3. The molecule has 3 saturated heterocycles. The standard InChI is InChI=1S/C19H22N6O4.C16H23FN6O4.C16H24N6O4/c20-11-6-7-22-17-14(11)23-9-25(17)19-15(16(27)12(8-26)29-19)24-18(28)13(21)10-4-2-1-3-5-10;17-4-1-2-9(19)15(26)22-12-13(25)10(6-24)27-16(12)23-7-21-11-8(18)3-5-20-14(11)23;1-2-3-9(18)15(25)21-12-13(24)10(6-23)26-16(12)22-7-20-11-8(17)4-5-19-14(11)22/h1-7,9,12-13,15-16,19,26-27H,8,21H2,(H2,20,22)(H,24,28);3,5,7,9-10,12-13,16,24-25H,1-2,4,6,19H2,(H2,18,20)(H,22,26);4-5,7,9-10,12-13,16,23-24H,2-3,6,18H2,1H3,(H2,17,19)(H,21,25)/t12-,13?,15+,16?,19-;2*9?,10-,12+,13?,16-/m111/s1. The molecule has 3 aliphatic rings. The number of nitrogen functional groups attached to an aromatic ring is 3. The van der Waals surface area contributed by atoms with Gasteiger partial charge in [0.25, 0.3) is 0 Å². The lowest BCUT2D eigenvalue weighted by molar-refractivity contribution is -0.125. The molecule has 3 fully saturated rings. The average Bonchev–Trinajstić information content (AvgIpc) is 4.56. The summed E-state index contributed by atoms with van der Waals surface area (Å²) in [6.45, 7) is 0.1000. The van der Waals surface area contributed by atoms with Gasteiger partial charge >= 0.3 is 0 Å². The van der Waals surface area contributed by atoms with Crippen LogP contribution in [0, 0.1) is 0 Å². The molecule has 31 heteroatoms. The van der Waals surface area contributed by atoms with Crippen LogP contribution in [0.5, 0.6) is 0 Å². The number of ether oxygens (including phenoxy) is 3. The summed E-state index contributed by atoms with van der Waals surface area (Å²) >= 11 is 0. The van der Waals surface area contributed by atoms with Gasteiger partial charge in [-0.05, 0) is 43.0 Å². The maximum absolute atomic E-state index is 12.7. The summed E-state index contributed by atoms with van der Waals surface area (Å²) in [6.07, 6.45) is 1.93. The van der Waals surface area contributed by atoms with Crippen LogP contribution in [0.3, 0.4) is 0 Å². The van der Waals surface area contributed by atoms with Gasteiger partial charge in [0.15, 0.2) is 35.6 Å². The first-order valence-electron chi connectivity index (χ1n) is 26.3. The van der Waals surface area contributed by atoms with E-state index in [2.05, 4.69) is 45.9 Å². The number of hydrogen-bond acceptors (Lipinski definition) is 24. The van der Waals surface area contributed by atoms with Gasteiger partial charge in [0, 0.05) is 18.6 Å². The summed E-state index contributed by atoms with van der Waals surface area (Å²) in [7, 11) is 0. The van der Waals surface area contributed by atoms with Gasteiger partial charge in [-0.25, -0.2) is 29.9 Å². The number of aliphatic hydroxyl groups is 6. The third-order valence-electron chi connectivity index (χ3n) is 14.2. The molecule has 1 aromatic carbocycles. The number of aromatic nitrogens is 9. The predicted molar refractivity (Wildman–Crippen MR) is 292 cm³/mol. The van der Waals surface area contributed by atoms with Crippen LogP contribution in [0.2, 0.25) is 0 Å². The van der Waals surface area contributed by atoms with Crippen LogP contribution in [0.4, 0.5) is 21.5 Å². The zero-order valence-electron chi connectivity index (χ0n) is 44.4. The first-order chi connectivity index (χ1) is 39.5. The summed E-state index contributed by atoms with van der Waals surface area (Å²) in [6, 6.07) is 8.60. The molecule has 442 valence electrons. The minimum atomic E-state index is -1.18. The van der Waals surface area contributed by atoms with Crippen molar-refractivity contribution in [3.05, 3.63) is 91.7 Å². The maximum Gasteiger partial charge on any atom is 0.241 e. The Kier molecular flexibility index (Phi) is 19.9. The molecule has 82 heavy (non-hydrogen) atoms. The molecule has 9 heterocycles. The SMILES string of the molecule is CCCC(N)C(=O)N[C@H]1C(O)[C@@H](CO)O[C@H]1n1cnc2c(N)ccnc21.Nc1ccnc2c1ncn2[C@@H]1O[C@H](CO)C(O)[C@@H]1NC(=O)C(N)CCCF.Nc1ccnc2c1ncn2[C@@H]1O[C@H](CO)C(O)[C@@H]1NC(=O)C(N)c1ccccc1. The van der Waals surface area contributed by atoms with Crippen molar-refractivity contribution in [2.45, 2.75) is 124 Å². The molecule has 0 bridgehead atoms. The number of amides is 3. The van der Waals surface area contributed by atoms with Crippen molar-refractivity contribution in [3.63, 3.8) is 0 Å². The number of benzene rings is 1. The van der Waals surface area contributed by atoms with Crippen molar-refractivity contribution in [2.24, 2.45) is 17.2 Å². The van der Waals surface area contributed by atoms with E-state index >= 15 is 0 Å². The Morgan fingerprint density at radius 1 is 0.561 bits per heavy atom. The van der Waals surface area contributed by atoms with Crippen molar-refractivity contribution in [1.29, 1.82) is 0 Å². The largest absolute Gasteiger partial charge is 0.397 e. The van der Waals surface area contributed by atoms with Gasteiger partial charge in [-0.1, -0.05) is 43.7 Å². The number of anilines is 3. The number of alkyl halides is 1. The zero-order chi connectivity index (χ0) is 58.9. The second kappa shape index (κ2) is 26.9. The van der Waals surface area contributed by atoms with Gasteiger partial charge in [-0.2, -0.15) is 0 Å². The molecule has 0 aliphatic carbocycles. The normalized spacial score (nSPS) is 26.1. The molecule has 7 aromatic rings. The topological polar surface area (TPSA) is 485 Å². The van der Waals surface area contributed by atoms with E-state index in [0.717, 1.165) is 6.42 Å². The third-order valence-corrected chi connectivity index (χ3v) is 14.2. The summed E-state index contributed by atoms with van der Waals surface area (Å²) in [5.74, 6) is -1.42. The molecule has 15 atom stereocenters. The Morgan fingerprint density at radius 2 is 0.915 bits per heavy atom. The van der Waals surface area contributed by atoms with Crippen molar-refractivity contribution in [1.82, 2.24) is 59.6 Å². The van der Waals surface area contributed by atoms with E-state index in [4.69, 9.17) is 48.6 Å². The van der Waals surface area contributed by atoms with E-state index in [1.54, 1.807) is 51.6 Å². The number of imidazole rings is 3. The summed E-state index contributed by atoms with van der Waals surface area (Å²) < 4.78 is 34.3. The van der Waals surface area contributed by atoms with Crippen LogP contribution >= 0.6 is 0 Å². The summed E-state index contributed by atoms with van der Waals surface area (Å²) in [5, 5.41) is 68.2. The average molecular weight is 1150 g/mol. The van der Waals surface area contributed by atoms with Crippen molar-refractivity contribution >= 4 is 68.3 Å². The van der Waals surface area contributed by atoms with E-state index in [0.29, 0.717) is 62.5 Å². The van der Waals surface area contributed by atoms with E-state index in [1.807, 2.05) is 13.0 Å². The minimum Gasteiger partial charge on any atom is -0.397 e. The van der Waals surface area contributed by atoms with E-state index < -0.39 is 130 Å². The number of aliphatic hydroxyl groups excluding tert-OH is 6. The Labute approximate surface area is 467 Å². The van der Waals surface area contributed by atoms with Gasteiger partial charge in [-0.15, -0.1) is 0 Å². The van der Waals surface area contributed by atoms with Crippen molar-refractivity contribution < 1.29 is 63.6 Å². The van der Waals surface area contributed by atoms with Crippen LogP contribution in [-0.4, -0.2) is 185 Å². The van der Waals surface area contributed by atoms with Crippen LogP contribution < -0.4 is 50.4 Å². The van der Waals surface area contributed by atoms with Crippen molar-refractivity contribution in [3.8, 4) is 0 Å². The predicted octanol–water partition coefficient (Wildman–Crippen LogP) is -2.85. The number of nitrogens with two attached hydrogens (primary N) is 6. The first-order valence-corrected chi connectivity index (χ1v) is 26.3. The Balaban J connectivity index is 0.000000161. The highest BCUT2D eigenvalue weighted by Gasteiger charge is 2.49. The molecule has 3 aliphatic heterocycles. The van der Waals surface area contributed by atoms with Gasteiger partial charge in [-0.3, -0.25) is 32.5 Å². The van der Waals surface area contributed by atoms with Crippen LogP contribution in [0.25, 0.3) is 33.5 Å². The van der Waals surface area contributed by atoms with E-state index in [-0.39, 0.29) is 18.7 Å². The zero-order valence-corrected chi connectivity index (χ0v) is 44.4. The molecule has 0 radical (unpaired) electrons. The molecular weight excluding hydrogens is 1080 g/mol. The monoisotopic (exact) mass is 1140 g/mol. The fourth-order valence-electron chi connectivity index (χ4n) is 9.77. The minimum absolute atomic E-state index is 0.163. The Morgan fingerprint density at radius 3 is 1.26 bits per heavy atom. The number of pyridine rings is 3. The molecule has 0 spiro atoms. The van der Waals surface area contributed by atoms with Gasteiger partial charge in [0.05, 0.1) is 74.6 Å². The summed E-state index contributed by atoms with van der Waals surface area (Å²) in [5.41, 5.74) is 40.1. The van der Waals surface area contributed by atoms with Gasteiger partial charge < -0.3 is 95.2 Å². The lowest BCUT2D eigenvalue weighted by atomic mass is 10.0. The highest BCUT2D eigenvalue weighted by Crippen LogP contribution is 2.35. The number of rotatable bonds is 18. The quantitative estimate of drug-likeness (QED) is 0.0411. The Hall–Kier alpha value is -7.66. The fourth-order valence-corrected chi connectivity index (χ4v) is 9.77. The highest BCUT2D eigenvalue weighted by molar-refractivity contribution is 5.86. The smallest absolute Gasteiger partial charge is 0.241 e. The van der Waals surface area contributed by atoms with Crippen LogP contribution in [0.15, 0.2) is 86.1 Å². The van der Waals surface area contributed by atoms with Gasteiger partial charge in [0.2, 0.25) is 17.7 Å². The summed E-state index contributed by atoms with van der Waals surface area (Å²) in [4.78, 5) is 62.9. The van der Waals surface area contributed by atoms with E-state index in [1.165, 1.54) is 42.1 Å². The highest BCUT2D eigenvalue weighted by atomic mass is 19.1. The number of nitrogens with one attached hydrogen (secondary N) is 3. The molecular formula is C51H69FN18O12. The number of hydrogen-bond donors (Lipinski definition) is 15. The number of halogens is 1. The van der Waals surface area contributed by atoms with Crippen molar-refractivity contribution in [2.75, 3.05) is 43.7 Å². The number of carbonyl (C=O) groups is 3. The fraction of sp³-hybridized carbons (Fsp3) is 0.471. The first kappa shape index (κ1) is 60.4. The second-order valence-corrected chi connectivity index (χ2v) is 19.7. The number of fused-ring (bicyclic) bond motifs is 3. The molecule has 21 N–H and O–H groups in total. The lowest BCUT2D eigenvalue weighted by Crippen LogP contribution is -2.51. The van der Waals surface area contributed by atoms with E-state index in [9.17, 15) is 49.4 Å². The molecule has 6 aromatic heterocycles. The van der Waals surface area contributed by atoms with Gasteiger partial charge in [0.1, 0.15) is 77.3 Å². The molecule has 0 saturated carbocycles. The third kappa shape index (κ3) is 12.7. The molecule has 6 unspecified atom stereocenters. The van der Waals surface area contributed by atoms with Crippen LogP contribution in [-0.2, 0) is 28.6 Å².